The van der Waals surface area contributed by atoms with E-state index in [0.717, 1.165) is 12.8 Å². The highest BCUT2D eigenvalue weighted by molar-refractivity contribution is 7.89. The van der Waals surface area contributed by atoms with Crippen molar-refractivity contribution in [1.82, 2.24) is 4.31 Å². The van der Waals surface area contributed by atoms with Gasteiger partial charge < -0.3 is 5.73 Å². The second-order valence-electron chi connectivity index (χ2n) is 4.55. The van der Waals surface area contributed by atoms with E-state index in [-0.39, 0.29) is 34.9 Å². The third kappa shape index (κ3) is 3.26. The second kappa shape index (κ2) is 7.04. The summed E-state index contributed by atoms with van der Waals surface area (Å²) < 4.78 is 40.2. The summed E-state index contributed by atoms with van der Waals surface area (Å²) in [5.41, 5.74) is 5.61. The van der Waals surface area contributed by atoms with Gasteiger partial charge in [0, 0.05) is 19.1 Å². The maximum Gasteiger partial charge on any atom is 0.246 e. The van der Waals surface area contributed by atoms with Gasteiger partial charge in [-0.15, -0.1) is 12.4 Å². The standard InChI is InChI=1S/C12H16ClFN2O2S.ClH/c13-10-5-3-6-11(12(10)14)19(17,18)16-7-2-1-4-9(16)8-15;/h3,5-6,9H,1-2,4,7-8,15H2;1H. The first-order chi connectivity index (χ1) is 8.98. The summed E-state index contributed by atoms with van der Waals surface area (Å²) in [5, 5.41) is -0.192. The Morgan fingerprint density at radius 2 is 2.10 bits per heavy atom. The first-order valence-corrected chi connectivity index (χ1v) is 7.96. The minimum atomic E-state index is -3.88. The monoisotopic (exact) mass is 342 g/mol. The molecule has 114 valence electrons. The van der Waals surface area contributed by atoms with E-state index in [4.69, 9.17) is 17.3 Å². The average Bonchev–Trinajstić information content (AvgIpc) is 2.41. The zero-order valence-electron chi connectivity index (χ0n) is 10.8. The molecule has 1 saturated heterocycles. The Balaban J connectivity index is 0.00000200. The van der Waals surface area contributed by atoms with Crippen LogP contribution >= 0.6 is 24.0 Å². The lowest BCUT2D eigenvalue weighted by molar-refractivity contribution is 0.257. The molecular weight excluding hydrogens is 326 g/mol. The summed E-state index contributed by atoms with van der Waals surface area (Å²) in [7, 11) is -3.88. The van der Waals surface area contributed by atoms with Gasteiger partial charge in [0.05, 0.1) is 5.02 Å². The Labute approximate surface area is 129 Å². The minimum absolute atomic E-state index is 0. The van der Waals surface area contributed by atoms with E-state index < -0.39 is 15.8 Å². The van der Waals surface area contributed by atoms with Crippen molar-refractivity contribution in [3.05, 3.63) is 29.0 Å². The van der Waals surface area contributed by atoms with Crippen LogP contribution in [0.3, 0.4) is 0 Å². The zero-order valence-corrected chi connectivity index (χ0v) is 13.1. The molecule has 1 unspecified atom stereocenters. The largest absolute Gasteiger partial charge is 0.329 e. The Morgan fingerprint density at radius 1 is 1.40 bits per heavy atom. The highest BCUT2D eigenvalue weighted by Crippen LogP contribution is 2.28. The first kappa shape index (κ1) is 17.7. The Hall–Kier alpha value is -0.400. The van der Waals surface area contributed by atoms with E-state index in [1.807, 2.05) is 0 Å². The Bertz CT molecular complexity index is 569. The molecule has 0 amide bonds. The molecule has 1 aromatic rings. The van der Waals surface area contributed by atoms with Crippen LogP contribution in [0, 0.1) is 5.82 Å². The lowest BCUT2D eigenvalue weighted by Gasteiger charge is -2.33. The van der Waals surface area contributed by atoms with Gasteiger partial charge in [0.1, 0.15) is 4.90 Å². The average molecular weight is 343 g/mol. The van der Waals surface area contributed by atoms with Crippen molar-refractivity contribution < 1.29 is 12.8 Å². The highest BCUT2D eigenvalue weighted by Gasteiger charge is 2.34. The number of nitrogens with zero attached hydrogens (tertiary/aromatic N) is 1. The predicted octanol–water partition coefficient (Wildman–Crippen LogP) is 2.40. The van der Waals surface area contributed by atoms with Gasteiger partial charge in [-0.25, -0.2) is 12.8 Å². The van der Waals surface area contributed by atoms with Gasteiger partial charge in [0.15, 0.2) is 5.82 Å². The fraction of sp³-hybridized carbons (Fsp3) is 0.500. The van der Waals surface area contributed by atoms with Gasteiger partial charge >= 0.3 is 0 Å². The third-order valence-electron chi connectivity index (χ3n) is 3.35. The molecule has 0 spiro atoms. The van der Waals surface area contributed by atoms with Crippen LogP contribution in [0.15, 0.2) is 23.1 Å². The fourth-order valence-electron chi connectivity index (χ4n) is 2.34. The molecule has 1 aromatic carbocycles. The second-order valence-corrected chi connectivity index (χ2v) is 6.82. The predicted molar refractivity (Wildman–Crippen MR) is 79.2 cm³/mol. The van der Waals surface area contributed by atoms with E-state index in [9.17, 15) is 12.8 Å². The molecule has 1 aliphatic heterocycles. The SMILES string of the molecule is Cl.NCC1CCCCN1S(=O)(=O)c1cccc(Cl)c1F. The van der Waals surface area contributed by atoms with Crippen LogP contribution in [0.1, 0.15) is 19.3 Å². The van der Waals surface area contributed by atoms with Gasteiger partial charge in [-0.05, 0) is 25.0 Å². The Kier molecular flexibility index (Phi) is 6.22. The molecule has 4 nitrogen and oxygen atoms in total. The van der Waals surface area contributed by atoms with Gasteiger partial charge in [-0.2, -0.15) is 4.31 Å². The molecule has 0 bridgehead atoms. The fourth-order valence-corrected chi connectivity index (χ4v) is 4.36. The molecule has 8 heteroatoms. The van der Waals surface area contributed by atoms with Crippen molar-refractivity contribution in [3.8, 4) is 0 Å². The van der Waals surface area contributed by atoms with Crippen molar-refractivity contribution in [1.29, 1.82) is 0 Å². The van der Waals surface area contributed by atoms with Crippen molar-refractivity contribution in [3.63, 3.8) is 0 Å². The lowest BCUT2D eigenvalue weighted by atomic mass is 10.1. The number of piperidine rings is 1. The molecule has 2 N–H and O–H groups in total. The summed E-state index contributed by atoms with van der Waals surface area (Å²) >= 11 is 5.65. The third-order valence-corrected chi connectivity index (χ3v) is 5.61. The topological polar surface area (TPSA) is 63.4 Å². The van der Waals surface area contributed by atoms with Gasteiger partial charge in [-0.1, -0.05) is 24.1 Å². The van der Waals surface area contributed by atoms with Crippen LogP contribution < -0.4 is 5.73 Å². The molecule has 0 aromatic heterocycles. The molecule has 0 saturated carbocycles. The first-order valence-electron chi connectivity index (χ1n) is 6.14. The molecule has 0 radical (unpaired) electrons. The van der Waals surface area contributed by atoms with Crippen molar-refractivity contribution >= 4 is 34.0 Å². The zero-order chi connectivity index (χ0) is 14.0. The molecule has 2 rings (SSSR count). The van der Waals surface area contributed by atoms with Crippen LogP contribution in [0.5, 0.6) is 0 Å². The number of hydrogen-bond donors (Lipinski definition) is 1. The number of hydrogen-bond acceptors (Lipinski definition) is 3. The molecule has 0 aliphatic carbocycles. The highest BCUT2D eigenvalue weighted by atomic mass is 35.5. The van der Waals surface area contributed by atoms with Gasteiger partial charge in [0.2, 0.25) is 10.0 Å². The van der Waals surface area contributed by atoms with Crippen LogP contribution in [0.2, 0.25) is 5.02 Å². The molecule has 1 heterocycles. The van der Waals surface area contributed by atoms with E-state index in [2.05, 4.69) is 0 Å². The summed E-state index contributed by atoms with van der Waals surface area (Å²) in [5.74, 6) is -0.898. The summed E-state index contributed by atoms with van der Waals surface area (Å²) in [6.07, 6.45) is 2.40. The maximum atomic E-state index is 13.9. The number of nitrogens with two attached hydrogens (primary N) is 1. The molecular formula is C12H17Cl2FN2O2S. The molecule has 1 fully saturated rings. The number of halogens is 3. The smallest absolute Gasteiger partial charge is 0.246 e. The number of sulfonamides is 1. The van der Waals surface area contributed by atoms with Crippen molar-refractivity contribution in [2.24, 2.45) is 5.73 Å². The van der Waals surface area contributed by atoms with E-state index in [1.54, 1.807) is 0 Å². The van der Waals surface area contributed by atoms with Crippen molar-refractivity contribution in [2.45, 2.75) is 30.2 Å². The molecule has 20 heavy (non-hydrogen) atoms. The lowest BCUT2D eigenvalue weighted by Crippen LogP contribution is -2.47. The normalized spacial score (nSPS) is 20.4. The van der Waals surface area contributed by atoms with E-state index in [0.29, 0.717) is 13.0 Å². The van der Waals surface area contributed by atoms with Crippen LogP contribution in [0.4, 0.5) is 4.39 Å². The van der Waals surface area contributed by atoms with Crippen LogP contribution in [-0.4, -0.2) is 31.9 Å². The van der Waals surface area contributed by atoms with Crippen molar-refractivity contribution in [2.75, 3.05) is 13.1 Å². The summed E-state index contributed by atoms with van der Waals surface area (Å²) in [6.45, 7) is 0.609. The number of rotatable bonds is 3. The van der Waals surface area contributed by atoms with Gasteiger partial charge in [0.25, 0.3) is 0 Å². The maximum absolute atomic E-state index is 13.9. The molecule has 1 aliphatic rings. The minimum Gasteiger partial charge on any atom is -0.329 e. The summed E-state index contributed by atoms with van der Waals surface area (Å²) in [4.78, 5) is -0.375. The van der Waals surface area contributed by atoms with E-state index in [1.165, 1.54) is 22.5 Å². The summed E-state index contributed by atoms with van der Waals surface area (Å²) in [6, 6.07) is 3.72. The Morgan fingerprint density at radius 3 is 2.75 bits per heavy atom. The quantitative estimate of drug-likeness (QED) is 0.917. The van der Waals surface area contributed by atoms with Crippen LogP contribution in [0.25, 0.3) is 0 Å². The van der Waals surface area contributed by atoms with Crippen LogP contribution in [-0.2, 0) is 10.0 Å². The van der Waals surface area contributed by atoms with Gasteiger partial charge in [-0.3, -0.25) is 0 Å². The number of benzene rings is 1. The van der Waals surface area contributed by atoms with E-state index >= 15 is 0 Å². The molecule has 1 atom stereocenters.